The normalized spacial score (nSPS) is 12.8. The molecule has 0 aliphatic rings. The quantitative estimate of drug-likeness (QED) is 0.297. The lowest BCUT2D eigenvalue weighted by atomic mass is 9.93. The van der Waals surface area contributed by atoms with E-state index < -0.39 is 17.9 Å². The minimum absolute atomic E-state index is 0.216. The van der Waals surface area contributed by atoms with E-state index in [0.717, 1.165) is 19.3 Å². The topological polar surface area (TPSA) is 52.6 Å². The summed E-state index contributed by atoms with van der Waals surface area (Å²) < 4.78 is 9.22. The maximum atomic E-state index is 11.5. The van der Waals surface area contributed by atoms with Crippen LogP contribution in [0.25, 0.3) is 0 Å². The Morgan fingerprint density at radius 3 is 2.12 bits per heavy atom. The summed E-state index contributed by atoms with van der Waals surface area (Å²) in [6.45, 7) is 3.92. The van der Waals surface area contributed by atoms with Gasteiger partial charge in [-0.15, -0.1) is 0 Å². The monoisotopic (exact) mass is 242 g/mol. The molecule has 1 atom stereocenters. The van der Waals surface area contributed by atoms with Crippen LogP contribution in [0.4, 0.5) is 0 Å². The third-order valence-corrected chi connectivity index (χ3v) is 2.60. The number of esters is 2. The molecule has 0 spiro atoms. The molecule has 0 bridgehead atoms. The average molecular weight is 242 g/mol. The number of hydrogen-bond donors (Lipinski definition) is 0. The van der Waals surface area contributed by atoms with Gasteiger partial charge in [-0.1, -0.05) is 38.8 Å². The van der Waals surface area contributed by atoms with Gasteiger partial charge in [-0.25, -0.2) is 0 Å². The molecule has 0 aliphatic heterocycles. The van der Waals surface area contributed by atoms with Gasteiger partial charge in [0.1, 0.15) is 0 Å². The number of methoxy groups -OCH3 is 2. The highest BCUT2D eigenvalue weighted by Crippen LogP contribution is 2.17. The van der Waals surface area contributed by atoms with Gasteiger partial charge >= 0.3 is 11.9 Å². The first-order chi connectivity index (χ1) is 8.08. The van der Waals surface area contributed by atoms with E-state index in [1.165, 1.54) is 14.2 Å². The van der Waals surface area contributed by atoms with Gasteiger partial charge in [-0.2, -0.15) is 0 Å². The molecule has 4 nitrogen and oxygen atoms in total. The maximum Gasteiger partial charge on any atom is 0.320 e. The molecular weight excluding hydrogens is 220 g/mol. The van der Waals surface area contributed by atoms with Crippen molar-refractivity contribution in [2.45, 2.75) is 33.1 Å². The van der Waals surface area contributed by atoms with Crippen LogP contribution < -0.4 is 0 Å². The van der Waals surface area contributed by atoms with E-state index in [1.807, 2.05) is 12.2 Å². The summed E-state index contributed by atoms with van der Waals surface area (Å²) in [4.78, 5) is 23.0. The molecular formula is C13H22O4. The smallest absolute Gasteiger partial charge is 0.320 e. The lowest BCUT2D eigenvalue weighted by molar-refractivity contribution is -0.160. The summed E-state index contributed by atoms with van der Waals surface area (Å²) in [5.74, 6) is -2.19. The Kier molecular flexibility index (Phi) is 8.11. The van der Waals surface area contributed by atoms with Gasteiger partial charge < -0.3 is 9.47 Å². The second-order valence-electron chi connectivity index (χ2n) is 3.95. The van der Waals surface area contributed by atoms with E-state index in [-0.39, 0.29) is 5.92 Å². The summed E-state index contributed by atoms with van der Waals surface area (Å²) >= 11 is 0. The highest BCUT2D eigenvalue weighted by molar-refractivity contribution is 5.95. The second-order valence-corrected chi connectivity index (χ2v) is 3.95. The second kappa shape index (κ2) is 8.79. The summed E-state index contributed by atoms with van der Waals surface area (Å²) in [5.41, 5.74) is 0. The van der Waals surface area contributed by atoms with Crippen LogP contribution in [-0.4, -0.2) is 26.2 Å². The molecule has 0 heterocycles. The molecule has 0 unspecified atom stereocenters. The minimum Gasteiger partial charge on any atom is -0.468 e. The van der Waals surface area contributed by atoms with E-state index in [9.17, 15) is 9.59 Å². The van der Waals surface area contributed by atoms with Crippen molar-refractivity contribution in [2.75, 3.05) is 14.2 Å². The summed E-state index contributed by atoms with van der Waals surface area (Å²) in [6.07, 6.45) is 7.04. The lowest BCUT2D eigenvalue weighted by Gasteiger charge is -2.16. The molecule has 4 heteroatoms. The predicted octanol–water partition coefficient (Wildman–Crippen LogP) is 2.33. The summed E-state index contributed by atoms with van der Waals surface area (Å²) in [7, 11) is 2.54. The van der Waals surface area contributed by atoms with E-state index in [4.69, 9.17) is 0 Å². The van der Waals surface area contributed by atoms with Crippen LogP contribution in [0.1, 0.15) is 33.1 Å². The van der Waals surface area contributed by atoms with Crippen LogP contribution in [0.15, 0.2) is 12.2 Å². The molecule has 0 aromatic rings. The number of carbonyl (C=O) groups excluding carboxylic acids is 2. The zero-order valence-corrected chi connectivity index (χ0v) is 11.1. The van der Waals surface area contributed by atoms with Gasteiger partial charge in [0.15, 0.2) is 5.92 Å². The Balaban J connectivity index is 4.53. The minimum atomic E-state index is -0.872. The van der Waals surface area contributed by atoms with Gasteiger partial charge in [0.2, 0.25) is 0 Å². The Hall–Kier alpha value is -1.32. The predicted molar refractivity (Wildman–Crippen MR) is 65.4 cm³/mol. The van der Waals surface area contributed by atoms with Gasteiger partial charge in [-0.3, -0.25) is 9.59 Å². The van der Waals surface area contributed by atoms with Crippen molar-refractivity contribution in [2.24, 2.45) is 11.8 Å². The van der Waals surface area contributed by atoms with Gasteiger partial charge in [0, 0.05) is 0 Å². The van der Waals surface area contributed by atoms with Crippen molar-refractivity contribution in [3.63, 3.8) is 0 Å². The van der Waals surface area contributed by atoms with Crippen LogP contribution in [0.2, 0.25) is 0 Å². The number of rotatable bonds is 7. The van der Waals surface area contributed by atoms with Crippen molar-refractivity contribution in [3.05, 3.63) is 12.2 Å². The van der Waals surface area contributed by atoms with E-state index >= 15 is 0 Å². The third-order valence-electron chi connectivity index (χ3n) is 2.60. The van der Waals surface area contributed by atoms with Crippen LogP contribution >= 0.6 is 0 Å². The first-order valence-corrected chi connectivity index (χ1v) is 5.90. The Labute approximate surface area is 103 Å². The molecule has 98 valence electrons. The molecule has 0 aromatic heterocycles. The molecule has 17 heavy (non-hydrogen) atoms. The van der Waals surface area contributed by atoms with Crippen molar-refractivity contribution >= 4 is 11.9 Å². The van der Waals surface area contributed by atoms with Crippen molar-refractivity contribution < 1.29 is 19.1 Å². The zero-order valence-electron chi connectivity index (χ0n) is 11.1. The van der Waals surface area contributed by atoms with Crippen LogP contribution in [0.5, 0.6) is 0 Å². The average Bonchev–Trinajstić information content (AvgIpc) is 2.34. The van der Waals surface area contributed by atoms with Gasteiger partial charge in [0.25, 0.3) is 0 Å². The Morgan fingerprint density at radius 2 is 1.71 bits per heavy atom. The third kappa shape index (κ3) is 5.52. The molecule has 0 saturated carbocycles. The molecule has 0 aromatic carbocycles. The largest absolute Gasteiger partial charge is 0.468 e. The number of ether oxygens (including phenoxy) is 2. The number of allylic oxidation sites excluding steroid dienone is 2. The highest BCUT2D eigenvalue weighted by Gasteiger charge is 2.32. The van der Waals surface area contributed by atoms with Crippen molar-refractivity contribution in [1.29, 1.82) is 0 Å². The molecule has 0 fully saturated rings. The van der Waals surface area contributed by atoms with Gasteiger partial charge in [-0.05, 0) is 12.3 Å². The zero-order chi connectivity index (χ0) is 13.3. The molecule has 0 saturated heterocycles. The molecule has 0 radical (unpaired) electrons. The first-order valence-electron chi connectivity index (χ1n) is 5.90. The summed E-state index contributed by atoms with van der Waals surface area (Å²) in [5, 5.41) is 0. The molecule has 0 aliphatic carbocycles. The van der Waals surface area contributed by atoms with Crippen molar-refractivity contribution in [1.82, 2.24) is 0 Å². The Morgan fingerprint density at radius 1 is 1.18 bits per heavy atom. The van der Waals surface area contributed by atoms with Gasteiger partial charge in [0.05, 0.1) is 14.2 Å². The molecule has 0 rings (SSSR count). The first kappa shape index (κ1) is 15.7. The highest BCUT2D eigenvalue weighted by atomic mass is 16.5. The molecule has 0 amide bonds. The fourth-order valence-electron chi connectivity index (χ4n) is 1.52. The fourth-order valence-corrected chi connectivity index (χ4v) is 1.52. The Bertz CT molecular complexity index is 255. The van der Waals surface area contributed by atoms with E-state index in [1.54, 1.807) is 6.92 Å². The lowest BCUT2D eigenvalue weighted by Crippen LogP contribution is -2.31. The number of unbranched alkanes of at least 4 members (excludes halogenated alkanes) is 2. The standard InChI is InChI=1S/C13H22O4/c1-5-6-7-8-9-10(2)11(12(14)16-3)13(15)17-4/h8-11H,5-7H2,1-4H3/b9-8+/t10-/m1/s1. The van der Waals surface area contributed by atoms with E-state index in [2.05, 4.69) is 16.4 Å². The van der Waals surface area contributed by atoms with Crippen LogP contribution in [-0.2, 0) is 19.1 Å². The molecule has 0 N–H and O–H groups in total. The van der Waals surface area contributed by atoms with Crippen LogP contribution in [0, 0.1) is 11.8 Å². The maximum absolute atomic E-state index is 11.5. The number of carbonyl (C=O) groups is 2. The summed E-state index contributed by atoms with van der Waals surface area (Å²) in [6, 6.07) is 0. The van der Waals surface area contributed by atoms with E-state index in [0.29, 0.717) is 0 Å². The fraction of sp³-hybridized carbons (Fsp3) is 0.692. The van der Waals surface area contributed by atoms with Crippen molar-refractivity contribution in [3.8, 4) is 0 Å². The SMILES string of the molecule is CCCC/C=C/[C@@H](C)C(C(=O)OC)C(=O)OC. The number of hydrogen-bond acceptors (Lipinski definition) is 4. The van der Waals surface area contributed by atoms with Crippen LogP contribution in [0.3, 0.4) is 0 Å².